The zero-order chi connectivity index (χ0) is 12.0. The summed E-state index contributed by atoms with van der Waals surface area (Å²) < 4.78 is 4.44. The lowest BCUT2D eigenvalue weighted by molar-refractivity contribution is -0.140. The molecule has 1 rings (SSSR count). The Morgan fingerprint density at radius 3 is 2.88 bits per heavy atom. The van der Waals surface area contributed by atoms with Gasteiger partial charge in [-0.2, -0.15) is 0 Å². The SMILES string of the molecule is COC(=O)CCNC(=O)C1CCC(=O)NC1. The number of carbonyl (C=O) groups excluding carboxylic acids is 3. The number of piperidine rings is 1. The highest BCUT2D eigenvalue weighted by Crippen LogP contribution is 2.10. The van der Waals surface area contributed by atoms with Crippen LogP contribution in [0.3, 0.4) is 0 Å². The van der Waals surface area contributed by atoms with Crippen LogP contribution in [-0.2, 0) is 19.1 Å². The van der Waals surface area contributed by atoms with Gasteiger partial charge in [0, 0.05) is 19.5 Å². The fourth-order valence-electron chi connectivity index (χ4n) is 1.49. The largest absolute Gasteiger partial charge is 0.469 e. The van der Waals surface area contributed by atoms with Crippen LogP contribution >= 0.6 is 0 Å². The molecule has 1 fully saturated rings. The zero-order valence-electron chi connectivity index (χ0n) is 9.25. The number of amides is 2. The van der Waals surface area contributed by atoms with Crippen LogP contribution in [-0.4, -0.2) is 38.0 Å². The third-order valence-electron chi connectivity index (χ3n) is 2.49. The Balaban J connectivity index is 2.20. The second kappa shape index (κ2) is 6.09. The van der Waals surface area contributed by atoms with Gasteiger partial charge in [-0.15, -0.1) is 0 Å². The molecule has 1 heterocycles. The van der Waals surface area contributed by atoms with Crippen LogP contribution < -0.4 is 10.6 Å². The van der Waals surface area contributed by atoms with E-state index in [0.717, 1.165) is 0 Å². The molecule has 1 aliphatic rings. The molecule has 1 atom stereocenters. The average molecular weight is 228 g/mol. The van der Waals surface area contributed by atoms with E-state index in [4.69, 9.17) is 0 Å². The van der Waals surface area contributed by atoms with Crippen LogP contribution in [0.2, 0.25) is 0 Å². The van der Waals surface area contributed by atoms with Crippen LogP contribution in [0.5, 0.6) is 0 Å². The van der Waals surface area contributed by atoms with Crippen molar-refractivity contribution in [1.82, 2.24) is 10.6 Å². The predicted octanol–water partition coefficient (Wildman–Crippen LogP) is -0.808. The molecule has 0 bridgehead atoms. The molecule has 90 valence electrons. The Morgan fingerprint density at radius 2 is 2.31 bits per heavy atom. The number of nitrogens with one attached hydrogen (secondary N) is 2. The van der Waals surface area contributed by atoms with Crippen LogP contribution in [0.4, 0.5) is 0 Å². The third kappa shape index (κ3) is 3.88. The molecule has 0 aliphatic carbocycles. The van der Waals surface area contributed by atoms with E-state index in [9.17, 15) is 14.4 Å². The maximum absolute atomic E-state index is 11.6. The minimum atomic E-state index is -0.350. The molecule has 16 heavy (non-hydrogen) atoms. The molecule has 2 N–H and O–H groups in total. The summed E-state index contributed by atoms with van der Waals surface area (Å²) in [5.41, 5.74) is 0. The van der Waals surface area contributed by atoms with Crippen molar-refractivity contribution in [2.75, 3.05) is 20.2 Å². The summed E-state index contributed by atoms with van der Waals surface area (Å²) in [7, 11) is 1.31. The van der Waals surface area contributed by atoms with Gasteiger partial charge in [-0.25, -0.2) is 0 Å². The van der Waals surface area contributed by atoms with Gasteiger partial charge < -0.3 is 15.4 Å². The van der Waals surface area contributed by atoms with E-state index >= 15 is 0 Å². The van der Waals surface area contributed by atoms with Crippen LogP contribution in [0.1, 0.15) is 19.3 Å². The van der Waals surface area contributed by atoms with Gasteiger partial charge in [0.2, 0.25) is 11.8 Å². The minimum Gasteiger partial charge on any atom is -0.469 e. The molecule has 0 aromatic heterocycles. The highest BCUT2D eigenvalue weighted by atomic mass is 16.5. The zero-order valence-corrected chi connectivity index (χ0v) is 9.25. The monoisotopic (exact) mass is 228 g/mol. The second-order valence-electron chi connectivity index (χ2n) is 3.66. The van der Waals surface area contributed by atoms with E-state index in [0.29, 0.717) is 19.4 Å². The highest BCUT2D eigenvalue weighted by Gasteiger charge is 2.23. The summed E-state index contributed by atoms with van der Waals surface area (Å²) in [6.07, 6.45) is 1.12. The molecular formula is C10H16N2O4. The smallest absolute Gasteiger partial charge is 0.307 e. The van der Waals surface area contributed by atoms with Crippen LogP contribution in [0, 0.1) is 5.92 Å². The Bertz CT molecular complexity index is 281. The van der Waals surface area contributed by atoms with Gasteiger partial charge in [-0.1, -0.05) is 0 Å². The summed E-state index contributed by atoms with van der Waals surface area (Å²) in [4.78, 5) is 33.2. The fraction of sp³-hybridized carbons (Fsp3) is 0.700. The topological polar surface area (TPSA) is 84.5 Å². The number of ether oxygens (including phenoxy) is 1. The quantitative estimate of drug-likeness (QED) is 0.616. The summed E-state index contributed by atoms with van der Waals surface area (Å²) in [5, 5.41) is 5.27. The van der Waals surface area contributed by atoms with Gasteiger partial charge in [-0.05, 0) is 6.42 Å². The lowest BCUT2D eigenvalue weighted by Crippen LogP contribution is -2.43. The Labute approximate surface area is 93.7 Å². The molecule has 1 saturated heterocycles. The molecule has 6 nitrogen and oxygen atoms in total. The lowest BCUT2D eigenvalue weighted by Gasteiger charge is -2.21. The number of rotatable bonds is 4. The maximum atomic E-state index is 11.6. The predicted molar refractivity (Wildman–Crippen MR) is 55.4 cm³/mol. The third-order valence-corrected chi connectivity index (χ3v) is 2.49. The first-order chi connectivity index (χ1) is 7.63. The Morgan fingerprint density at radius 1 is 1.56 bits per heavy atom. The molecule has 0 aromatic carbocycles. The molecule has 0 spiro atoms. The second-order valence-corrected chi connectivity index (χ2v) is 3.66. The van der Waals surface area contributed by atoms with Crippen molar-refractivity contribution in [2.24, 2.45) is 5.92 Å². The van der Waals surface area contributed by atoms with Crippen molar-refractivity contribution in [1.29, 1.82) is 0 Å². The van der Waals surface area contributed by atoms with Crippen molar-refractivity contribution >= 4 is 17.8 Å². The summed E-state index contributed by atoms with van der Waals surface area (Å²) in [6.45, 7) is 0.652. The van der Waals surface area contributed by atoms with Crippen LogP contribution in [0.15, 0.2) is 0 Å². The summed E-state index contributed by atoms with van der Waals surface area (Å²) in [5.74, 6) is -0.671. The van der Waals surface area contributed by atoms with Crippen molar-refractivity contribution in [3.8, 4) is 0 Å². The first-order valence-corrected chi connectivity index (χ1v) is 5.24. The number of hydrogen-bond donors (Lipinski definition) is 2. The van der Waals surface area contributed by atoms with E-state index < -0.39 is 0 Å². The van der Waals surface area contributed by atoms with Gasteiger partial charge in [0.05, 0.1) is 19.4 Å². The molecule has 2 amide bonds. The van der Waals surface area contributed by atoms with E-state index in [1.807, 2.05) is 0 Å². The maximum Gasteiger partial charge on any atom is 0.307 e. The van der Waals surface area contributed by atoms with E-state index in [1.54, 1.807) is 0 Å². The van der Waals surface area contributed by atoms with Crippen molar-refractivity contribution in [3.05, 3.63) is 0 Å². The van der Waals surface area contributed by atoms with E-state index in [1.165, 1.54) is 7.11 Å². The summed E-state index contributed by atoms with van der Waals surface area (Å²) in [6, 6.07) is 0. The fourth-order valence-corrected chi connectivity index (χ4v) is 1.49. The first-order valence-electron chi connectivity index (χ1n) is 5.24. The molecule has 0 aromatic rings. The van der Waals surface area contributed by atoms with Crippen molar-refractivity contribution in [3.63, 3.8) is 0 Å². The van der Waals surface area contributed by atoms with E-state index in [2.05, 4.69) is 15.4 Å². The molecule has 0 radical (unpaired) electrons. The molecule has 6 heteroatoms. The lowest BCUT2D eigenvalue weighted by atomic mass is 9.98. The van der Waals surface area contributed by atoms with Gasteiger partial charge in [0.15, 0.2) is 0 Å². The highest BCUT2D eigenvalue weighted by molar-refractivity contribution is 5.83. The number of esters is 1. The average Bonchev–Trinajstić information content (AvgIpc) is 2.29. The molecule has 1 unspecified atom stereocenters. The first kappa shape index (κ1) is 12.5. The van der Waals surface area contributed by atoms with Crippen LogP contribution in [0.25, 0.3) is 0 Å². The van der Waals surface area contributed by atoms with Crippen molar-refractivity contribution in [2.45, 2.75) is 19.3 Å². The number of hydrogen-bond acceptors (Lipinski definition) is 4. The summed E-state index contributed by atoms with van der Waals surface area (Å²) >= 11 is 0. The van der Waals surface area contributed by atoms with Crippen molar-refractivity contribution < 1.29 is 19.1 Å². The minimum absolute atomic E-state index is 0.0152. The number of carbonyl (C=O) groups is 3. The van der Waals surface area contributed by atoms with Gasteiger partial charge in [0.25, 0.3) is 0 Å². The van der Waals surface area contributed by atoms with Gasteiger partial charge in [-0.3, -0.25) is 14.4 Å². The molecule has 1 aliphatic heterocycles. The standard InChI is InChI=1S/C10H16N2O4/c1-16-9(14)4-5-11-10(15)7-2-3-8(13)12-6-7/h7H,2-6H2,1H3,(H,11,15)(H,12,13). The van der Waals surface area contributed by atoms with Gasteiger partial charge in [0.1, 0.15) is 0 Å². The molecule has 0 saturated carbocycles. The Kier molecular flexibility index (Phi) is 4.75. The van der Waals surface area contributed by atoms with Gasteiger partial charge >= 0.3 is 5.97 Å². The normalized spacial score (nSPS) is 19.8. The Hall–Kier alpha value is -1.59. The van der Waals surface area contributed by atoms with E-state index in [-0.39, 0.29) is 36.7 Å². The number of methoxy groups -OCH3 is 1. The molecular weight excluding hydrogens is 212 g/mol.